The zero-order chi connectivity index (χ0) is 14.8. The summed E-state index contributed by atoms with van der Waals surface area (Å²) in [7, 11) is 0. The van der Waals surface area contributed by atoms with Crippen LogP contribution in [0.4, 0.5) is 0 Å². The van der Waals surface area contributed by atoms with E-state index in [4.69, 9.17) is 4.52 Å². The lowest BCUT2D eigenvalue weighted by Gasteiger charge is -2.17. The van der Waals surface area contributed by atoms with E-state index in [1.165, 1.54) is 69.8 Å². The molecule has 0 aliphatic heterocycles. The van der Waals surface area contributed by atoms with Gasteiger partial charge in [-0.15, -0.1) is 0 Å². The predicted octanol–water partition coefficient (Wildman–Crippen LogP) is 6.32. The first-order valence-electron chi connectivity index (χ1n) is 8.63. The van der Waals surface area contributed by atoms with Gasteiger partial charge in [-0.1, -0.05) is 70.4 Å². The molecule has 116 valence electrons. The van der Waals surface area contributed by atoms with Crippen LogP contribution >= 0.6 is 0 Å². The molecule has 0 N–H and O–H groups in total. The molecule has 2 nitrogen and oxygen atoms in total. The Balaban J connectivity index is 2.52. The van der Waals surface area contributed by atoms with Crippen LogP contribution < -0.4 is 0 Å². The quantitative estimate of drug-likeness (QED) is 0.443. The maximum atomic E-state index is 5.38. The van der Waals surface area contributed by atoms with Crippen molar-refractivity contribution in [3.05, 3.63) is 17.0 Å². The second kappa shape index (κ2) is 10.0. The molecule has 20 heavy (non-hydrogen) atoms. The predicted molar refractivity (Wildman–Crippen MR) is 86.2 cm³/mol. The van der Waals surface area contributed by atoms with E-state index in [0.717, 1.165) is 11.5 Å². The Bertz CT molecular complexity index is 337. The molecule has 0 bridgehead atoms. The Hall–Kier alpha value is -0.790. The molecule has 1 rings (SSSR count). The fourth-order valence-electron chi connectivity index (χ4n) is 3.14. The highest BCUT2D eigenvalue weighted by Gasteiger charge is 2.19. The number of hydrogen-bond acceptors (Lipinski definition) is 2. The number of aryl methyl sites for hydroxylation is 2. The lowest BCUT2D eigenvalue weighted by Crippen LogP contribution is -2.02. The normalized spacial score (nSPS) is 12.8. The van der Waals surface area contributed by atoms with Crippen LogP contribution in [-0.2, 0) is 0 Å². The number of unbranched alkanes of at least 4 members (excludes halogenated alkanes) is 6. The number of rotatable bonds is 11. The minimum Gasteiger partial charge on any atom is -0.361 e. The average molecular weight is 279 g/mol. The first-order chi connectivity index (χ1) is 9.70. The van der Waals surface area contributed by atoms with Crippen molar-refractivity contribution in [3.8, 4) is 0 Å². The van der Waals surface area contributed by atoms with Crippen LogP contribution in [-0.4, -0.2) is 5.16 Å². The maximum Gasteiger partial charge on any atom is 0.137 e. The highest BCUT2D eigenvalue weighted by Crippen LogP contribution is 2.32. The van der Waals surface area contributed by atoms with Gasteiger partial charge in [0.15, 0.2) is 0 Å². The van der Waals surface area contributed by atoms with E-state index >= 15 is 0 Å². The van der Waals surface area contributed by atoms with Gasteiger partial charge in [-0.3, -0.25) is 0 Å². The van der Waals surface area contributed by atoms with E-state index in [1.807, 2.05) is 0 Å². The molecular weight excluding hydrogens is 246 g/mol. The topological polar surface area (TPSA) is 26.0 Å². The fourth-order valence-corrected chi connectivity index (χ4v) is 3.14. The van der Waals surface area contributed by atoms with Gasteiger partial charge < -0.3 is 4.52 Å². The Morgan fingerprint density at radius 3 is 1.95 bits per heavy atom. The molecule has 1 aromatic heterocycles. The second-order valence-electron chi connectivity index (χ2n) is 6.13. The van der Waals surface area contributed by atoms with Crippen molar-refractivity contribution >= 4 is 0 Å². The monoisotopic (exact) mass is 279 g/mol. The van der Waals surface area contributed by atoms with E-state index in [0.29, 0.717) is 5.92 Å². The van der Waals surface area contributed by atoms with E-state index in [1.54, 1.807) is 0 Å². The largest absolute Gasteiger partial charge is 0.361 e. The summed E-state index contributed by atoms with van der Waals surface area (Å²) >= 11 is 0. The first-order valence-corrected chi connectivity index (χ1v) is 8.63. The van der Waals surface area contributed by atoms with Crippen molar-refractivity contribution in [2.75, 3.05) is 0 Å². The molecule has 2 heteroatoms. The molecule has 0 radical (unpaired) electrons. The van der Waals surface area contributed by atoms with Gasteiger partial charge in [0, 0.05) is 5.56 Å². The second-order valence-corrected chi connectivity index (χ2v) is 6.13. The summed E-state index contributed by atoms with van der Waals surface area (Å²) in [6.07, 6.45) is 13.4. The summed E-state index contributed by atoms with van der Waals surface area (Å²) in [6, 6.07) is 0. The Kier molecular flexibility index (Phi) is 8.64. The molecule has 0 spiro atoms. The number of hydrogen-bond donors (Lipinski definition) is 0. The van der Waals surface area contributed by atoms with Gasteiger partial charge in [-0.25, -0.2) is 0 Å². The van der Waals surface area contributed by atoms with Crippen molar-refractivity contribution in [2.45, 2.75) is 97.8 Å². The van der Waals surface area contributed by atoms with Gasteiger partial charge in [0.05, 0.1) is 5.69 Å². The summed E-state index contributed by atoms with van der Waals surface area (Å²) in [5.74, 6) is 1.70. The summed E-state index contributed by atoms with van der Waals surface area (Å²) < 4.78 is 5.38. The minimum atomic E-state index is 0.662. The van der Waals surface area contributed by atoms with Gasteiger partial charge in [0.1, 0.15) is 5.76 Å². The molecule has 0 fully saturated rings. The van der Waals surface area contributed by atoms with E-state index in [9.17, 15) is 0 Å². The zero-order valence-corrected chi connectivity index (χ0v) is 14.0. The molecule has 0 saturated heterocycles. The highest BCUT2D eigenvalue weighted by atomic mass is 16.5. The SMILES string of the molecule is CCCCCCCC(CCCCC)c1c(C)noc1C. The van der Waals surface area contributed by atoms with Crippen molar-refractivity contribution in [1.82, 2.24) is 5.16 Å². The van der Waals surface area contributed by atoms with Gasteiger partial charge in [-0.2, -0.15) is 0 Å². The van der Waals surface area contributed by atoms with Crippen molar-refractivity contribution in [3.63, 3.8) is 0 Å². The molecule has 0 saturated carbocycles. The fraction of sp³-hybridized carbons (Fsp3) is 0.833. The highest BCUT2D eigenvalue weighted by molar-refractivity contribution is 5.25. The molecule has 1 unspecified atom stereocenters. The summed E-state index contributed by atoms with van der Waals surface area (Å²) in [4.78, 5) is 0. The average Bonchev–Trinajstić information content (AvgIpc) is 2.76. The molecule has 0 aliphatic rings. The van der Waals surface area contributed by atoms with Gasteiger partial charge in [-0.05, 0) is 32.6 Å². The summed E-state index contributed by atoms with van der Waals surface area (Å²) in [5, 5.41) is 4.15. The number of aromatic nitrogens is 1. The van der Waals surface area contributed by atoms with Gasteiger partial charge >= 0.3 is 0 Å². The molecule has 1 aromatic rings. The third-order valence-corrected chi connectivity index (χ3v) is 4.31. The van der Waals surface area contributed by atoms with Crippen molar-refractivity contribution in [1.29, 1.82) is 0 Å². The molecule has 1 atom stereocenters. The molecule has 0 amide bonds. The maximum absolute atomic E-state index is 5.38. The lowest BCUT2D eigenvalue weighted by atomic mass is 9.87. The molecule has 0 aromatic carbocycles. The zero-order valence-electron chi connectivity index (χ0n) is 14.0. The van der Waals surface area contributed by atoms with Gasteiger partial charge in [0.25, 0.3) is 0 Å². The standard InChI is InChI=1S/C18H33NO/c1-5-7-9-10-12-14-17(13-11-8-6-2)18-15(3)19-20-16(18)4/h17H,5-14H2,1-4H3. The van der Waals surface area contributed by atoms with Crippen LogP contribution in [0, 0.1) is 13.8 Å². The van der Waals surface area contributed by atoms with Crippen molar-refractivity contribution < 1.29 is 4.52 Å². The van der Waals surface area contributed by atoms with Gasteiger partial charge in [0.2, 0.25) is 0 Å². The first kappa shape index (κ1) is 17.3. The Morgan fingerprint density at radius 2 is 1.40 bits per heavy atom. The van der Waals surface area contributed by atoms with E-state index < -0.39 is 0 Å². The minimum absolute atomic E-state index is 0.662. The molecule has 0 aliphatic carbocycles. The Labute approximate surface area is 125 Å². The van der Waals surface area contributed by atoms with Crippen LogP contribution in [0.3, 0.4) is 0 Å². The number of nitrogens with zero attached hydrogens (tertiary/aromatic N) is 1. The third kappa shape index (κ3) is 5.68. The summed E-state index contributed by atoms with van der Waals surface area (Å²) in [6.45, 7) is 8.71. The van der Waals surface area contributed by atoms with Crippen LogP contribution in [0.5, 0.6) is 0 Å². The van der Waals surface area contributed by atoms with Crippen LogP contribution in [0.15, 0.2) is 4.52 Å². The smallest absolute Gasteiger partial charge is 0.137 e. The Morgan fingerprint density at radius 1 is 0.850 bits per heavy atom. The third-order valence-electron chi connectivity index (χ3n) is 4.31. The van der Waals surface area contributed by atoms with Crippen LogP contribution in [0.25, 0.3) is 0 Å². The summed E-state index contributed by atoms with van der Waals surface area (Å²) in [5.41, 5.74) is 2.51. The molecular formula is C18H33NO. The van der Waals surface area contributed by atoms with Crippen molar-refractivity contribution in [2.24, 2.45) is 0 Å². The van der Waals surface area contributed by atoms with Crippen LogP contribution in [0.2, 0.25) is 0 Å². The molecule has 1 heterocycles. The van der Waals surface area contributed by atoms with E-state index in [-0.39, 0.29) is 0 Å². The lowest BCUT2D eigenvalue weighted by molar-refractivity contribution is 0.389. The van der Waals surface area contributed by atoms with E-state index in [2.05, 4.69) is 32.9 Å². The van der Waals surface area contributed by atoms with Crippen LogP contribution in [0.1, 0.15) is 101 Å².